The van der Waals surface area contributed by atoms with Crippen molar-refractivity contribution in [2.24, 2.45) is 0 Å². The standard InChI is InChI=1S/C13H8ClN3S/c14-13-5-10(2-1-9(13)6-15)17-8-12-4-3-11(7-16)18-12/h1-5,17H,8H2. The summed E-state index contributed by atoms with van der Waals surface area (Å²) in [5.41, 5.74) is 1.32. The van der Waals surface area contributed by atoms with E-state index in [0.29, 0.717) is 22.0 Å². The first-order chi connectivity index (χ1) is 8.72. The summed E-state index contributed by atoms with van der Waals surface area (Å²) in [6.45, 7) is 0.634. The minimum absolute atomic E-state index is 0.436. The smallest absolute Gasteiger partial charge is 0.110 e. The van der Waals surface area contributed by atoms with Crippen molar-refractivity contribution >= 4 is 28.6 Å². The zero-order valence-electron chi connectivity index (χ0n) is 9.27. The van der Waals surface area contributed by atoms with Gasteiger partial charge in [0, 0.05) is 17.1 Å². The summed E-state index contributed by atoms with van der Waals surface area (Å²) >= 11 is 7.39. The second-order valence-electron chi connectivity index (χ2n) is 3.54. The summed E-state index contributed by atoms with van der Waals surface area (Å²) in [5, 5.41) is 21.1. The maximum Gasteiger partial charge on any atom is 0.110 e. The van der Waals surface area contributed by atoms with Crippen LogP contribution in [0.3, 0.4) is 0 Å². The van der Waals surface area contributed by atoms with Crippen LogP contribution in [0.15, 0.2) is 30.3 Å². The summed E-state index contributed by atoms with van der Waals surface area (Å²) in [4.78, 5) is 1.77. The van der Waals surface area contributed by atoms with Gasteiger partial charge in [-0.1, -0.05) is 11.6 Å². The van der Waals surface area contributed by atoms with E-state index in [-0.39, 0.29) is 0 Å². The van der Waals surface area contributed by atoms with E-state index in [4.69, 9.17) is 22.1 Å². The van der Waals surface area contributed by atoms with Gasteiger partial charge in [0.15, 0.2) is 0 Å². The lowest BCUT2D eigenvalue weighted by Gasteiger charge is -2.05. The Morgan fingerprint density at radius 3 is 2.61 bits per heavy atom. The second-order valence-corrected chi connectivity index (χ2v) is 5.11. The molecule has 2 rings (SSSR count). The maximum absolute atomic E-state index is 8.76. The lowest BCUT2D eigenvalue weighted by atomic mass is 10.2. The van der Waals surface area contributed by atoms with E-state index in [9.17, 15) is 0 Å². The fourth-order valence-electron chi connectivity index (χ4n) is 1.44. The van der Waals surface area contributed by atoms with Gasteiger partial charge in [0.05, 0.1) is 10.6 Å². The van der Waals surface area contributed by atoms with E-state index in [1.165, 1.54) is 11.3 Å². The van der Waals surface area contributed by atoms with Crippen LogP contribution in [0.1, 0.15) is 15.3 Å². The molecule has 0 unspecified atom stereocenters. The van der Waals surface area contributed by atoms with Crippen molar-refractivity contribution in [3.63, 3.8) is 0 Å². The zero-order valence-corrected chi connectivity index (χ0v) is 10.8. The molecule has 1 heterocycles. The number of rotatable bonds is 3. The number of nitrogens with one attached hydrogen (secondary N) is 1. The first-order valence-electron chi connectivity index (χ1n) is 5.15. The fourth-order valence-corrected chi connectivity index (χ4v) is 2.41. The zero-order chi connectivity index (χ0) is 13.0. The van der Waals surface area contributed by atoms with E-state index >= 15 is 0 Å². The Bertz CT molecular complexity index is 649. The monoisotopic (exact) mass is 273 g/mol. The van der Waals surface area contributed by atoms with Crippen LogP contribution in [-0.2, 0) is 6.54 Å². The van der Waals surface area contributed by atoms with E-state index in [0.717, 1.165) is 10.6 Å². The SMILES string of the molecule is N#Cc1ccc(CNc2ccc(C#N)c(Cl)c2)s1. The maximum atomic E-state index is 8.76. The normalized spacial score (nSPS) is 9.50. The van der Waals surface area contributed by atoms with E-state index in [1.54, 1.807) is 18.2 Å². The Morgan fingerprint density at radius 2 is 2.00 bits per heavy atom. The molecule has 0 saturated heterocycles. The Morgan fingerprint density at radius 1 is 1.17 bits per heavy atom. The van der Waals surface area contributed by atoms with E-state index < -0.39 is 0 Å². The van der Waals surface area contributed by atoms with Gasteiger partial charge in [-0.3, -0.25) is 0 Å². The quantitative estimate of drug-likeness (QED) is 0.926. The van der Waals surface area contributed by atoms with Crippen molar-refractivity contribution in [3.8, 4) is 12.1 Å². The van der Waals surface area contributed by atoms with E-state index in [1.807, 2.05) is 18.2 Å². The third-order valence-corrected chi connectivity index (χ3v) is 3.63. The van der Waals surface area contributed by atoms with Crippen LogP contribution in [0, 0.1) is 22.7 Å². The molecule has 0 aliphatic heterocycles. The third kappa shape index (κ3) is 2.81. The largest absolute Gasteiger partial charge is 0.380 e. The van der Waals surface area contributed by atoms with Crippen molar-refractivity contribution in [2.75, 3.05) is 5.32 Å². The highest BCUT2D eigenvalue weighted by Gasteiger charge is 2.02. The van der Waals surface area contributed by atoms with Crippen LogP contribution in [0.25, 0.3) is 0 Å². The van der Waals surface area contributed by atoms with Crippen molar-refractivity contribution in [3.05, 3.63) is 50.7 Å². The molecule has 0 fully saturated rings. The number of nitriles is 2. The molecule has 0 spiro atoms. The van der Waals surface area contributed by atoms with Gasteiger partial charge in [-0.05, 0) is 30.3 Å². The molecule has 5 heteroatoms. The first-order valence-corrected chi connectivity index (χ1v) is 6.34. The lowest BCUT2D eigenvalue weighted by Crippen LogP contribution is -1.97. The Labute approximate surface area is 114 Å². The predicted molar refractivity (Wildman–Crippen MR) is 72.5 cm³/mol. The lowest BCUT2D eigenvalue weighted by molar-refractivity contribution is 1.19. The molecule has 18 heavy (non-hydrogen) atoms. The minimum Gasteiger partial charge on any atom is -0.380 e. The fraction of sp³-hybridized carbons (Fsp3) is 0.0769. The Kier molecular flexibility index (Phi) is 3.84. The molecule has 3 nitrogen and oxygen atoms in total. The van der Waals surface area contributed by atoms with Crippen molar-refractivity contribution < 1.29 is 0 Å². The molecule has 1 aromatic carbocycles. The topological polar surface area (TPSA) is 59.6 Å². The summed E-state index contributed by atoms with van der Waals surface area (Å²) < 4.78 is 0. The van der Waals surface area contributed by atoms with Gasteiger partial charge < -0.3 is 5.32 Å². The molecule has 0 radical (unpaired) electrons. The minimum atomic E-state index is 0.436. The van der Waals surface area contributed by atoms with Gasteiger partial charge in [-0.2, -0.15) is 10.5 Å². The second kappa shape index (κ2) is 5.55. The number of nitrogens with zero attached hydrogens (tertiary/aromatic N) is 2. The van der Waals surface area contributed by atoms with Crippen LogP contribution in [0.4, 0.5) is 5.69 Å². The molecule has 0 aliphatic carbocycles. The van der Waals surface area contributed by atoms with Crippen LogP contribution >= 0.6 is 22.9 Å². The Hall–Kier alpha value is -2.01. The molecular weight excluding hydrogens is 266 g/mol. The Balaban J connectivity index is 2.05. The van der Waals surface area contributed by atoms with Crippen molar-refractivity contribution in [1.82, 2.24) is 0 Å². The highest BCUT2D eigenvalue weighted by Crippen LogP contribution is 2.22. The van der Waals surface area contributed by atoms with Crippen molar-refractivity contribution in [1.29, 1.82) is 10.5 Å². The highest BCUT2D eigenvalue weighted by atomic mass is 35.5. The molecule has 2 aromatic rings. The first kappa shape index (κ1) is 12.4. The van der Waals surface area contributed by atoms with Crippen LogP contribution in [-0.4, -0.2) is 0 Å². The average Bonchev–Trinajstić information content (AvgIpc) is 2.84. The number of benzene rings is 1. The molecule has 0 amide bonds. The van der Waals surface area contributed by atoms with E-state index in [2.05, 4.69) is 11.4 Å². The average molecular weight is 274 g/mol. The number of anilines is 1. The molecular formula is C13H8ClN3S. The number of hydrogen-bond donors (Lipinski definition) is 1. The third-order valence-electron chi connectivity index (χ3n) is 2.33. The van der Waals surface area contributed by atoms with Gasteiger partial charge in [0.25, 0.3) is 0 Å². The van der Waals surface area contributed by atoms with Gasteiger partial charge in [-0.25, -0.2) is 0 Å². The number of thiophene rings is 1. The number of halogens is 1. The number of hydrogen-bond acceptors (Lipinski definition) is 4. The summed E-state index contributed by atoms with van der Waals surface area (Å²) in [6, 6.07) is 13.0. The highest BCUT2D eigenvalue weighted by molar-refractivity contribution is 7.12. The molecule has 0 aliphatic rings. The molecule has 0 atom stereocenters. The van der Waals surface area contributed by atoms with Gasteiger partial charge in [0.1, 0.15) is 17.0 Å². The summed E-state index contributed by atoms with van der Waals surface area (Å²) in [6.07, 6.45) is 0. The van der Waals surface area contributed by atoms with Crippen LogP contribution < -0.4 is 5.32 Å². The molecule has 0 bridgehead atoms. The van der Waals surface area contributed by atoms with Crippen LogP contribution in [0.5, 0.6) is 0 Å². The van der Waals surface area contributed by atoms with Gasteiger partial charge in [0.2, 0.25) is 0 Å². The van der Waals surface area contributed by atoms with Gasteiger partial charge in [-0.15, -0.1) is 11.3 Å². The summed E-state index contributed by atoms with van der Waals surface area (Å²) in [7, 11) is 0. The molecule has 1 N–H and O–H groups in total. The molecule has 88 valence electrons. The summed E-state index contributed by atoms with van der Waals surface area (Å²) in [5.74, 6) is 0. The van der Waals surface area contributed by atoms with Gasteiger partial charge >= 0.3 is 0 Å². The predicted octanol–water partition coefficient (Wildman–Crippen LogP) is 3.76. The van der Waals surface area contributed by atoms with Crippen LogP contribution in [0.2, 0.25) is 5.02 Å². The molecule has 1 aromatic heterocycles. The van der Waals surface area contributed by atoms with Crippen molar-refractivity contribution in [2.45, 2.75) is 6.54 Å². The molecule has 0 saturated carbocycles.